The van der Waals surface area contributed by atoms with E-state index in [0.29, 0.717) is 5.69 Å². The van der Waals surface area contributed by atoms with Gasteiger partial charge in [0.15, 0.2) is 0 Å². The molecule has 6 heteroatoms. The van der Waals surface area contributed by atoms with E-state index in [1.165, 1.54) is 25.3 Å². The third kappa shape index (κ3) is 3.33. The van der Waals surface area contributed by atoms with E-state index in [1.807, 2.05) is 0 Å². The number of hydrogen-bond donors (Lipinski definition) is 4. The highest BCUT2D eigenvalue weighted by Crippen LogP contribution is 2.29. The van der Waals surface area contributed by atoms with Gasteiger partial charge in [0.1, 0.15) is 11.9 Å². The normalized spacial score (nSPS) is 14.1. The zero-order valence-corrected chi connectivity index (χ0v) is 9.33. The molecule has 0 fully saturated rings. The number of aromatic hydroxyl groups is 1. The molecule has 2 unspecified atom stereocenters. The average Bonchev–Trinajstić information content (AvgIpc) is 2.31. The van der Waals surface area contributed by atoms with Gasteiger partial charge >= 0.3 is 5.97 Å². The summed E-state index contributed by atoms with van der Waals surface area (Å²) >= 11 is 0. The number of ether oxygens (including phenoxy) is 1. The Morgan fingerprint density at radius 2 is 2.12 bits per heavy atom. The van der Waals surface area contributed by atoms with Crippen LogP contribution < -0.4 is 5.73 Å². The van der Waals surface area contributed by atoms with Gasteiger partial charge in [-0.2, -0.15) is 0 Å². The maximum atomic E-state index is 10.9. The summed E-state index contributed by atoms with van der Waals surface area (Å²) in [7, 11) is 1.18. The van der Waals surface area contributed by atoms with Crippen molar-refractivity contribution in [1.29, 1.82) is 0 Å². The van der Waals surface area contributed by atoms with Crippen LogP contribution in [-0.2, 0) is 9.53 Å². The molecule has 0 aliphatic carbocycles. The van der Waals surface area contributed by atoms with E-state index in [2.05, 4.69) is 4.74 Å². The fourth-order valence-electron chi connectivity index (χ4n) is 1.38. The molecule has 94 valence electrons. The van der Waals surface area contributed by atoms with E-state index in [-0.39, 0.29) is 17.7 Å². The fraction of sp³-hybridized carbons (Fsp3) is 0.364. The van der Waals surface area contributed by atoms with Gasteiger partial charge < -0.3 is 25.8 Å². The molecule has 0 saturated carbocycles. The van der Waals surface area contributed by atoms with Crippen molar-refractivity contribution in [2.24, 2.45) is 0 Å². The summed E-state index contributed by atoms with van der Waals surface area (Å²) in [5.41, 5.74) is 5.90. The van der Waals surface area contributed by atoms with Crippen molar-refractivity contribution >= 4 is 11.7 Å². The van der Waals surface area contributed by atoms with Crippen LogP contribution in [0.3, 0.4) is 0 Å². The van der Waals surface area contributed by atoms with Crippen molar-refractivity contribution in [2.45, 2.75) is 18.6 Å². The Balaban J connectivity index is 2.84. The number of aliphatic hydroxyl groups excluding tert-OH is 2. The molecule has 6 nitrogen and oxygen atoms in total. The number of hydrogen-bond acceptors (Lipinski definition) is 6. The van der Waals surface area contributed by atoms with Crippen molar-refractivity contribution in [3.63, 3.8) is 0 Å². The van der Waals surface area contributed by atoms with Crippen LogP contribution in [0.4, 0.5) is 5.69 Å². The molecule has 0 heterocycles. The van der Waals surface area contributed by atoms with E-state index < -0.39 is 18.2 Å². The fourth-order valence-corrected chi connectivity index (χ4v) is 1.38. The molecule has 0 saturated heterocycles. The molecule has 0 amide bonds. The highest BCUT2D eigenvalue weighted by atomic mass is 16.5. The molecule has 0 aromatic heterocycles. The molecule has 1 aromatic carbocycles. The first-order valence-corrected chi connectivity index (χ1v) is 4.97. The number of carbonyl (C=O) groups excluding carboxylic acids is 1. The third-order valence-corrected chi connectivity index (χ3v) is 2.34. The number of phenols is 1. The van der Waals surface area contributed by atoms with Crippen LogP contribution in [0.2, 0.25) is 0 Å². The number of nitrogens with two attached hydrogens (primary N) is 1. The van der Waals surface area contributed by atoms with E-state index in [4.69, 9.17) is 5.73 Å². The quantitative estimate of drug-likeness (QED) is 0.333. The molecule has 0 radical (unpaired) electrons. The number of aliphatic hydroxyl groups is 2. The summed E-state index contributed by atoms with van der Waals surface area (Å²) < 4.78 is 4.36. The highest BCUT2D eigenvalue weighted by Gasteiger charge is 2.24. The number of nitrogen functional groups attached to an aromatic ring is 1. The number of phenolic OH excluding ortho intramolecular Hbond substituents is 1. The zero-order valence-electron chi connectivity index (χ0n) is 9.33. The number of methoxy groups -OCH3 is 1. The Morgan fingerprint density at radius 3 is 2.71 bits per heavy atom. The number of anilines is 1. The summed E-state index contributed by atoms with van der Waals surface area (Å²) in [5, 5.41) is 28.9. The maximum Gasteiger partial charge on any atom is 0.308 e. The van der Waals surface area contributed by atoms with Crippen molar-refractivity contribution < 1.29 is 24.9 Å². The Kier molecular flexibility index (Phi) is 4.30. The van der Waals surface area contributed by atoms with E-state index >= 15 is 0 Å². The molecule has 0 bridgehead atoms. The first-order chi connectivity index (χ1) is 7.95. The Labute approximate surface area is 98.3 Å². The SMILES string of the molecule is COC(=O)CC(O)C(O)c1cc(N)ccc1O. The van der Waals surface area contributed by atoms with Crippen molar-refractivity contribution in [3.8, 4) is 5.75 Å². The van der Waals surface area contributed by atoms with Gasteiger partial charge in [-0.3, -0.25) is 4.79 Å². The number of benzene rings is 1. The van der Waals surface area contributed by atoms with E-state index in [9.17, 15) is 20.1 Å². The van der Waals surface area contributed by atoms with Gasteiger partial charge in [-0.1, -0.05) is 0 Å². The molecule has 1 rings (SSSR count). The predicted octanol–water partition coefficient (Wildman–Crippen LogP) is -0.0682. The summed E-state index contributed by atoms with van der Waals surface area (Å²) in [6, 6.07) is 4.09. The molecule has 5 N–H and O–H groups in total. The van der Waals surface area contributed by atoms with Crippen LogP contribution >= 0.6 is 0 Å². The van der Waals surface area contributed by atoms with Gasteiger partial charge in [0.2, 0.25) is 0 Å². The van der Waals surface area contributed by atoms with Crippen molar-refractivity contribution in [3.05, 3.63) is 23.8 Å². The monoisotopic (exact) mass is 241 g/mol. The highest BCUT2D eigenvalue weighted by molar-refractivity contribution is 5.69. The van der Waals surface area contributed by atoms with Gasteiger partial charge in [0, 0.05) is 11.3 Å². The van der Waals surface area contributed by atoms with Gasteiger partial charge in [-0.05, 0) is 18.2 Å². The second kappa shape index (κ2) is 5.51. The molecular weight excluding hydrogens is 226 g/mol. The second-order valence-electron chi connectivity index (χ2n) is 3.61. The van der Waals surface area contributed by atoms with Gasteiger partial charge in [-0.15, -0.1) is 0 Å². The molecule has 0 aliphatic heterocycles. The Morgan fingerprint density at radius 1 is 1.47 bits per heavy atom. The van der Waals surface area contributed by atoms with Gasteiger partial charge in [-0.25, -0.2) is 0 Å². The smallest absolute Gasteiger partial charge is 0.308 e. The standard InChI is InChI=1S/C11H15NO5/c1-17-10(15)5-9(14)11(16)7-4-6(12)2-3-8(7)13/h2-4,9,11,13-14,16H,5,12H2,1H3. The number of rotatable bonds is 4. The van der Waals surface area contributed by atoms with Crippen molar-refractivity contribution in [1.82, 2.24) is 0 Å². The first kappa shape index (κ1) is 13.3. The van der Waals surface area contributed by atoms with Crippen LogP contribution in [-0.4, -0.2) is 34.5 Å². The van der Waals surface area contributed by atoms with Crippen LogP contribution in [0.1, 0.15) is 18.1 Å². The second-order valence-corrected chi connectivity index (χ2v) is 3.61. The first-order valence-electron chi connectivity index (χ1n) is 4.97. The average molecular weight is 241 g/mol. The molecule has 17 heavy (non-hydrogen) atoms. The minimum absolute atomic E-state index is 0.0707. The molecule has 1 aromatic rings. The van der Waals surface area contributed by atoms with Crippen LogP contribution in [0.25, 0.3) is 0 Å². The van der Waals surface area contributed by atoms with Gasteiger partial charge in [0.25, 0.3) is 0 Å². The predicted molar refractivity (Wildman–Crippen MR) is 60.1 cm³/mol. The third-order valence-electron chi connectivity index (χ3n) is 2.34. The Hall–Kier alpha value is -1.79. The van der Waals surface area contributed by atoms with Crippen LogP contribution in [0.5, 0.6) is 5.75 Å². The Bertz CT molecular complexity index is 407. The van der Waals surface area contributed by atoms with Crippen molar-refractivity contribution in [2.75, 3.05) is 12.8 Å². The van der Waals surface area contributed by atoms with E-state index in [1.54, 1.807) is 0 Å². The lowest BCUT2D eigenvalue weighted by atomic mass is 10.0. The van der Waals surface area contributed by atoms with Crippen LogP contribution in [0, 0.1) is 0 Å². The molecule has 0 aliphatic rings. The summed E-state index contributed by atoms with van der Waals surface area (Å²) in [6.07, 6.45) is -3.14. The lowest BCUT2D eigenvalue weighted by molar-refractivity contribution is -0.144. The van der Waals surface area contributed by atoms with Gasteiger partial charge in [0.05, 0.1) is 19.6 Å². The minimum atomic E-state index is -1.40. The largest absolute Gasteiger partial charge is 0.508 e. The summed E-state index contributed by atoms with van der Waals surface area (Å²) in [5.74, 6) is -0.851. The topological polar surface area (TPSA) is 113 Å². The minimum Gasteiger partial charge on any atom is -0.508 e. The summed E-state index contributed by atoms with van der Waals surface area (Å²) in [4.78, 5) is 10.9. The van der Waals surface area contributed by atoms with Crippen LogP contribution in [0.15, 0.2) is 18.2 Å². The lowest BCUT2D eigenvalue weighted by Gasteiger charge is -2.18. The molecule has 2 atom stereocenters. The maximum absolute atomic E-state index is 10.9. The summed E-state index contributed by atoms with van der Waals surface area (Å²) in [6.45, 7) is 0. The number of carbonyl (C=O) groups is 1. The molecular formula is C11H15NO5. The lowest BCUT2D eigenvalue weighted by Crippen LogP contribution is -2.22. The van der Waals surface area contributed by atoms with E-state index in [0.717, 1.165) is 0 Å². The molecule has 0 spiro atoms. The number of esters is 1. The zero-order chi connectivity index (χ0) is 13.0.